The highest BCUT2D eigenvalue weighted by atomic mass is 32.1. The van der Waals surface area contributed by atoms with Crippen LogP contribution in [0.1, 0.15) is 62.5 Å². The van der Waals surface area contributed by atoms with Crippen LogP contribution in [0.25, 0.3) is 10.1 Å². The van der Waals surface area contributed by atoms with Gasteiger partial charge in [-0.3, -0.25) is 9.59 Å². The molecule has 41 heavy (non-hydrogen) atoms. The molecule has 8 nitrogen and oxygen atoms in total. The highest BCUT2D eigenvalue weighted by molar-refractivity contribution is 7.20. The van der Waals surface area contributed by atoms with Crippen LogP contribution in [0.15, 0.2) is 53.9 Å². The van der Waals surface area contributed by atoms with Gasteiger partial charge < -0.3 is 20.0 Å². The average molecular weight is 590 g/mol. The number of benzene rings is 2. The van der Waals surface area contributed by atoms with Crippen molar-refractivity contribution in [3.8, 4) is 0 Å². The van der Waals surface area contributed by atoms with Crippen LogP contribution in [-0.4, -0.2) is 63.2 Å². The van der Waals surface area contributed by atoms with Crippen molar-refractivity contribution in [3.63, 3.8) is 0 Å². The third-order valence-electron chi connectivity index (χ3n) is 8.30. The summed E-state index contributed by atoms with van der Waals surface area (Å²) in [7, 11) is 0. The highest BCUT2D eigenvalue weighted by Gasteiger charge is 2.36. The number of amides is 4. The molecule has 1 N–H and O–H groups in total. The van der Waals surface area contributed by atoms with Crippen molar-refractivity contribution in [2.75, 3.05) is 25.0 Å². The minimum absolute atomic E-state index is 0.0684. The van der Waals surface area contributed by atoms with Gasteiger partial charge in [-0.1, -0.05) is 30.3 Å². The van der Waals surface area contributed by atoms with Crippen LogP contribution in [0.5, 0.6) is 0 Å². The molecule has 11 heteroatoms. The summed E-state index contributed by atoms with van der Waals surface area (Å²) in [4.78, 5) is 50.2. The lowest BCUT2D eigenvalue weighted by Gasteiger charge is -2.40. The molecule has 0 aliphatic carbocycles. The van der Waals surface area contributed by atoms with Crippen LogP contribution in [0.4, 0.5) is 14.9 Å². The highest BCUT2D eigenvalue weighted by Crippen LogP contribution is 2.37. The van der Waals surface area contributed by atoms with E-state index in [1.807, 2.05) is 45.0 Å². The van der Waals surface area contributed by atoms with E-state index in [-0.39, 0.29) is 35.7 Å². The molecule has 1 unspecified atom stereocenters. The quantitative estimate of drug-likeness (QED) is 0.311. The van der Waals surface area contributed by atoms with Crippen molar-refractivity contribution in [1.29, 1.82) is 0 Å². The molecule has 1 atom stereocenters. The molecule has 2 fully saturated rings. The summed E-state index contributed by atoms with van der Waals surface area (Å²) >= 11 is 2.59. The molecular weight excluding hydrogens is 561 g/mol. The van der Waals surface area contributed by atoms with E-state index in [1.54, 1.807) is 17.5 Å². The number of aromatic nitrogens is 1. The zero-order valence-corrected chi connectivity index (χ0v) is 23.8. The number of para-hydroxylation sites is 1. The second-order valence-electron chi connectivity index (χ2n) is 10.7. The van der Waals surface area contributed by atoms with Crippen LogP contribution in [0, 0.1) is 5.82 Å². The number of fused-ring (bicyclic) bond motifs is 2. The van der Waals surface area contributed by atoms with E-state index in [0.29, 0.717) is 54.3 Å². The number of nitrogens with one attached hydrogen (secondary N) is 1. The first-order valence-electron chi connectivity index (χ1n) is 13.9. The Labute approximate surface area is 244 Å². The fourth-order valence-corrected chi connectivity index (χ4v) is 8.10. The van der Waals surface area contributed by atoms with Gasteiger partial charge in [0.05, 0.1) is 15.6 Å². The van der Waals surface area contributed by atoms with Gasteiger partial charge >= 0.3 is 6.03 Å². The molecular formula is C30H28FN5O3S2. The first kappa shape index (κ1) is 26.1. The Hall–Kier alpha value is -3.83. The van der Waals surface area contributed by atoms with E-state index in [1.165, 1.54) is 28.7 Å². The molecule has 5 heterocycles. The largest absolute Gasteiger partial charge is 0.337 e. The van der Waals surface area contributed by atoms with Gasteiger partial charge in [-0.25, -0.2) is 14.2 Å². The van der Waals surface area contributed by atoms with Gasteiger partial charge in [0.25, 0.3) is 11.8 Å². The number of anilines is 1. The Bertz CT molecular complexity index is 1660. The standard InChI is InChI=1S/C30H28FN5O3S2/c31-21-7-3-6-18-15-25(41-26(18)21)29(38)35-12-4-9-24(35)27-32-23(17-40-27)28(37)34-13-10-20(11-14-34)36-16-19-5-1-2-8-22(19)33-30(36)39/h1-3,5-8,15,17,20,24H,4,9-14,16H2,(H,33,39). The normalized spacial score (nSPS) is 19.5. The second-order valence-corrected chi connectivity index (χ2v) is 12.7. The summed E-state index contributed by atoms with van der Waals surface area (Å²) in [5, 5.41) is 6.25. The van der Waals surface area contributed by atoms with Crippen molar-refractivity contribution in [1.82, 2.24) is 19.7 Å². The Balaban J connectivity index is 1.00. The van der Waals surface area contributed by atoms with Crippen molar-refractivity contribution in [3.05, 3.63) is 80.9 Å². The topological polar surface area (TPSA) is 85.8 Å². The van der Waals surface area contributed by atoms with Gasteiger partial charge in [0, 0.05) is 43.3 Å². The molecule has 2 saturated heterocycles. The monoisotopic (exact) mass is 589 g/mol. The molecule has 3 aliphatic rings. The van der Waals surface area contributed by atoms with Crippen LogP contribution < -0.4 is 5.32 Å². The van der Waals surface area contributed by atoms with Crippen LogP contribution >= 0.6 is 22.7 Å². The molecule has 0 spiro atoms. The third kappa shape index (κ3) is 4.76. The van der Waals surface area contributed by atoms with E-state index in [0.717, 1.165) is 34.5 Å². The van der Waals surface area contributed by atoms with Gasteiger partial charge in [0.1, 0.15) is 16.5 Å². The molecule has 2 aromatic heterocycles. The summed E-state index contributed by atoms with van der Waals surface area (Å²) in [6.07, 6.45) is 3.04. The van der Waals surface area contributed by atoms with Gasteiger partial charge in [-0.2, -0.15) is 0 Å². The first-order chi connectivity index (χ1) is 20.0. The van der Waals surface area contributed by atoms with E-state index in [4.69, 9.17) is 4.98 Å². The zero-order chi connectivity index (χ0) is 28.1. The van der Waals surface area contributed by atoms with Crippen molar-refractivity contribution >= 4 is 56.3 Å². The summed E-state index contributed by atoms with van der Waals surface area (Å²) in [5.74, 6) is -0.556. The Morgan fingerprint density at radius 3 is 2.66 bits per heavy atom. The number of urea groups is 1. The molecule has 210 valence electrons. The molecule has 4 aromatic rings. The fraction of sp³-hybridized carbons (Fsp3) is 0.333. The number of nitrogens with zero attached hydrogens (tertiary/aromatic N) is 4. The van der Waals surface area contributed by atoms with Gasteiger partial charge in [-0.15, -0.1) is 22.7 Å². The fourth-order valence-electron chi connectivity index (χ4n) is 6.14. The maximum absolute atomic E-state index is 14.2. The van der Waals surface area contributed by atoms with Crippen LogP contribution in [0.2, 0.25) is 0 Å². The lowest BCUT2D eigenvalue weighted by molar-refractivity contribution is 0.0645. The maximum atomic E-state index is 14.2. The van der Waals surface area contributed by atoms with E-state index in [2.05, 4.69) is 5.32 Å². The number of halogens is 1. The zero-order valence-electron chi connectivity index (χ0n) is 22.2. The number of carbonyl (C=O) groups is 3. The smallest absolute Gasteiger partial charge is 0.322 e. The van der Waals surface area contributed by atoms with Crippen LogP contribution in [-0.2, 0) is 6.54 Å². The minimum atomic E-state index is -0.318. The third-order valence-corrected chi connectivity index (χ3v) is 10.4. The predicted molar refractivity (Wildman–Crippen MR) is 157 cm³/mol. The van der Waals surface area contributed by atoms with Crippen LogP contribution in [0.3, 0.4) is 0 Å². The van der Waals surface area contributed by atoms with Gasteiger partial charge in [-0.05, 0) is 54.8 Å². The van der Waals surface area contributed by atoms with Crippen molar-refractivity contribution in [2.24, 2.45) is 0 Å². The maximum Gasteiger partial charge on any atom is 0.322 e. The number of hydrogen-bond acceptors (Lipinski definition) is 6. The predicted octanol–water partition coefficient (Wildman–Crippen LogP) is 6.13. The Morgan fingerprint density at radius 2 is 1.83 bits per heavy atom. The summed E-state index contributed by atoms with van der Waals surface area (Å²) in [6, 6.07) is 14.2. The summed E-state index contributed by atoms with van der Waals surface area (Å²) < 4.78 is 14.7. The Kier molecular flexibility index (Phi) is 6.70. The number of hydrogen-bond donors (Lipinski definition) is 1. The SMILES string of the molecule is O=C(c1csc(C2CCCN2C(=O)c2cc3cccc(F)c3s2)n1)N1CCC(N2Cc3ccccc3NC2=O)CC1. The Morgan fingerprint density at radius 1 is 1.00 bits per heavy atom. The van der Waals surface area contributed by atoms with E-state index in [9.17, 15) is 18.8 Å². The average Bonchev–Trinajstić information content (AvgIpc) is 3.76. The number of thiazole rings is 1. The summed E-state index contributed by atoms with van der Waals surface area (Å²) in [5.41, 5.74) is 2.36. The molecule has 4 amide bonds. The number of thiophene rings is 1. The molecule has 0 radical (unpaired) electrons. The van der Waals surface area contributed by atoms with Gasteiger partial charge in [0.15, 0.2) is 0 Å². The lowest BCUT2D eigenvalue weighted by Crippen LogP contribution is -2.51. The molecule has 2 aromatic carbocycles. The van der Waals surface area contributed by atoms with Crippen molar-refractivity contribution in [2.45, 2.75) is 44.3 Å². The minimum Gasteiger partial charge on any atom is -0.337 e. The second kappa shape index (κ2) is 10.5. The van der Waals surface area contributed by atoms with E-state index >= 15 is 0 Å². The van der Waals surface area contributed by atoms with Gasteiger partial charge in [0.2, 0.25) is 0 Å². The lowest BCUT2D eigenvalue weighted by atomic mass is 10.0. The van der Waals surface area contributed by atoms with E-state index < -0.39 is 0 Å². The first-order valence-corrected chi connectivity index (χ1v) is 15.5. The number of likely N-dealkylation sites (tertiary alicyclic amines) is 2. The number of piperidine rings is 1. The molecule has 0 bridgehead atoms. The molecule has 3 aliphatic heterocycles. The molecule has 7 rings (SSSR count). The molecule has 0 saturated carbocycles. The number of carbonyl (C=O) groups excluding carboxylic acids is 3. The van der Waals surface area contributed by atoms with Crippen molar-refractivity contribution < 1.29 is 18.8 Å². The summed E-state index contributed by atoms with van der Waals surface area (Å²) in [6.45, 7) is 2.28. The number of rotatable bonds is 4.